The lowest BCUT2D eigenvalue weighted by Gasteiger charge is -2.42. The molecular formula is C23H33F3N4O7. The Kier molecular flexibility index (Phi) is 9.12. The van der Waals surface area contributed by atoms with E-state index in [1.165, 1.54) is 9.80 Å². The lowest BCUT2D eigenvalue weighted by molar-refractivity contribution is -0.274. The second-order valence-corrected chi connectivity index (χ2v) is 10.2. The Labute approximate surface area is 213 Å². The summed E-state index contributed by atoms with van der Waals surface area (Å²) in [5, 5.41) is 10.7. The molecule has 0 saturated carbocycles. The molecule has 2 N–H and O–H groups in total. The van der Waals surface area contributed by atoms with Crippen molar-refractivity contribution in [1.82, 2.24) is 15.2 Å². The Morgan fingerprint density at radius 3 is 2.05 bits per heavy atom. The summed E-state index contributed by atoms with van der Waals surface area (Å²) in [6.07, 6.45) is -6.51. The Balaban J connectivity index is 2.28. The van der Waals surface area contributed by atoms with Gasteiger partial charge in [-0.25, -0.2) is 19.8 Å². The van der Waals surface area contributed by atoms with E-state index in [9.17, 15) is 32.7 Å². The molecule has 1 aliphatic rings. The number of benzene rings is 1. The molecule has 1 fully saturated rings. The number of hydrazine groups is 1. The number of alkyl halides is 3. The first-order valence-electron chi connectivity index (χ1n) is 11.4. The highest BCUT2D eigenvalue weighted by atomic mass is 19.4. The summed E-state index contributed by atoms with van der Waals surface area (Å²) in [6, 6.07) is 2.57. The number of aliphatic hydroxyl groups is 1. The average Bonchev–Trinajstić information content (AvgIpc) is 2.73. The van der Waals surface area contributed by atoms with Crippen LogP contribution in [0.4, 0.5) is 33.2 Å². The Morgan fingerprint density at radius 2 is 1.57 bits per heavy atom. The van der Waals surface area contributed by atoms with Crippen LogP contribution < -0.4 is 15.2 Å². The summed E-state index contributed by atoms with van der Waals surface area (Å²) >= 11 is 0. The Hall–Kier alpha value is -3.42. The van der Waals surface area contributed by atoms with Crippen molar-refractivity contribution in [3.05, 3.63) is 24.3 Å². The maximum absolute atomic E-state index is 13.5. The number of nitrogens with zero attached hydrogens (tertiary/aromatic N) is 3. The first-order valence-corrected chi connectivity index (χ1v) is 11.4. The smallest absolute Gasteiger partial charge is 0.444 e. The number of urea groups is 1. The van der Waals surface area contributed by atoms with Gasteiger partial charge in [0.25, 0.3) is 0 Å². The predicted octanol–water partition coefficient (Wildman–Crippen LogP) is 3.86. The highest BCUT2D eigenvalue weighted by Crippen LogP contribution is 2.26. The number of amides is 4. The first-order chi connectivity index (χ1) is 16.9. The number of carbonyl (C=O) groups excluding carboxylic acids is 3. The molecule has 1 saturated heterocycles. The lowest BCUT2D eigenvalue weighted by atomic mass is 10.2. The monoisotopic (exact) mass is 534 g/mol. The van der Waals surface area contributed by atoms with Crippen molar-refractivity contribution in [1.29, 1.82) is 0 Å². The van der Waals surface area contributed by atoms with Crippen LogP contribution in [0, 0.1) is 0 Å². The minimum absolute atomic E-state index is 0.00311. The van der Waals surface area contributed by atoms with Gasteiger partial charge in [0, 0.05) is 19.6 Å². The van der Waals surface area contributed by atoms with E-state index in [0.717, 1.165) is 29.3 Å². The van der Waals surface area contributed by atoms with E-state index < -0.39 is 54.2 Å². The molecule has 1 heterocycles. The molecule has 0 unspecified atom stereocenters. The summed E-state index contributed by atoms with van der Waals surface area (Å²) in [6.45, 7) is 9.46. The number of anilines is 1. The molecule has 0 spiro atoms. The van der Waals surface area contributed by atoms with Gasteiger partial charge in [-0.2, -0.15) is 5.01 Å². The van der Waals surface area contributed by atoms with E-state index >= 15 is 0 Å². The van der Waals surface area contributed by atoms with Crippen LogP contribution in [-0.4, -0.2) is 83.0 Å². The van der Waals surface area contributed by atoms with Crippen molar-refractivity contribution in [3.63, 3.8) is 0 Å². The fraction of sp³-hybridized carbons (Fsp3) is 0.609. The number of aliphatic hydroxyl groups excluding tert-OH is 1. The van der Waals surface area contributed by atoms with Crippen LogP contribution in [0.25, 0.3) is 0 Å². The van der Waals surface area contributed by atoms with Gasteiger partial charge in [0.05, 0.1) is 18.3 Å². The zero-order valence-corrected chi connectivity index (χ0v) is 21.6. The maximum atomic E-state index is 13.5. The van der Waals surface area contributed by atoms with Crippen molar-refractivity contribution in [3.8, 4) is 5.75 Å². The van der Waals surface area contributed by atoms with Gasteiger partial charge in [-0.05, 0) is 65.8 Å². The van der Waals surface area contributed by atoms with Crippen LogP contribution >= 0.6 is 0 Å². The van der Waals surface area contributed by atoms with Crippen molar-refractivity contribution < 1.29 is 46.9 Å². The number of halogens is 3. The fourth-order valence-electron chi connectivity index (χ4n) is 3.30. The van der Waals surface area contributed by atoms with Gasteiger partial charge < -0.3 is 29.1 Å². The summed E-state index contributed by atoms with van der Waals surface area (Å²) in [4.78, 5) is 41.0. The summed E-state index contributed by atoms with van der Waals surface area (Å²) in [7, 11) is 0. The molecule has 0 aromatic heterocycles. The maximum Gasteiger partial charge on any atom is 0.573 e. The van der Waals surface area contributed by atoms with E-state index in [-0.39, 0.29) is 25.3 Å². The second-order valence-electron chi connectivity index (χ2n) is 10.2. The quantitative estimate of drug-likeness (QED) is 0.565. The topological polar surface area (TPSA) is 121 Å². The molecular weight excluding hydrogens is 501 g/mol. The molecule has 1 aromatic rings. The van der Waals surface area contributed by atoms with Crippen LogP contribution in [0.5, 0.6) is 5.75 Å². The number of nitrogens with one attached hydrogen (secondary N) is 1. The van der Waals surface area contributed by atoms with Crippen LogP contribution in [0.15, 0.2) is 24.3 Å². The van der Waals surface area contributed by atoms with Crippen molar-refractivity contribution in [2.45, 2.75) is 65.1 Å². The average molecular weight is 535 g/mol. The molecule has 0 radical (unpaired) electrons. The Bertz CT molecular complexity index is 959. The summed E-state index contributed by atoms with van der Waals surface area (Å²) < 4.78 is 52.0. The molecule has 14 heteroatoms. The molecule has 2 rings (SSSR count). The van der Waals surface area contributed by atoms with E-state index in [4.69, 9.17) is 9.47 Å². The number of hydrogen-bond donors (Lipinski definition) is 2. The summed E-state index contributed by atoms with van der Waals surface area (Å²) in [5.74, 6) is -0.528. The standard InChI is InChI=1S/C23H33F3N4O7/c1-21(2,3)36-18(32)27-30(15-7-9-17(10-8-15)35-23(24,25)26)19(33)29-12-11-28(13-16(29)14-31)20(34)37-22(4,5)6/h7-10,16,31H,11-14H2,1-6H3,(H,27,32)/t16-/m0/s1. The van der Waals surface area contributed by atoms with Crippen molar-refractivity contribution >= 4 is 23.9 Å². The number of hydrogen-bond acceptors (Lipinski definition) is 7. The third-order valence-electron chi connectivity index (χ3n) is 4.71. The molecule has 0 aliphatic carbocycles. The largest absolute Gasteiger partial charge is 0.573 e. The molecule has 1 aliphatic heterocycles. The van der Waals surface area contributed by atoms with Crippen LogP contribution in [-0.2, 0) is 9.47 Å². The minimum Gasteiger partial charge on any atom is -0.444 e. The minimum atomic E-state index is -4.91. The SMILES string of the molecule is CC(C)(C)OC(=O)NN(C(=O)N1CCN(C(=O)OC(C)(C)C)C[C@H]1CO)c1ccc(OC(F)(F)F)cc1. The van der Waals surface area contributed by atoms with E-state index in [0.29, 0.717) is 0 Å². The normalized spacial score (nSPS) is 16.6. The number of rotatable bonds is 3. The van der Waals surface area contributed by atoms with E-state index in [1.54, 1.807) is 41.5 Å². The van der Waals surface area contributed by atoms with Crippen molar-refractivity contribution in [2.24, 2.45) is 0 Å². The van der Waals surface area contributed by atoms with Crippen molar-refractivity contribution in [2.75, 3.05) is 31.3 Å². The van der Waals surface area contributed by atoms with E-state index in [2.05, 4.69) is 10.2 Å². The van der Waals surface area contributed by atoms with Crippen LogP contribution in [0.3, 0.4) is 0 Å². The van der Waals surface area contributed by atoms with Gasteiger partial charge in [0.15, 0.2) is 0 Å². The van der Waals surface area contributed by atoms with Crippen LogP contribution in [0.2, 0.25) is 0 Å². The van der Waals surface area contributed by atoms with E-state index in [1.807, 2.05) is 0 Å². The number of carbonyl (C=O) groups is 3. The molecule has 37 heavy (non-hydrogen) atoms. The molecule has 0 bridgehead atoms. The third kappa shape index (κ3) is 9.52. The number of piperazine rings is 1. The zero-order chi connectivity index (χ0) is 28.2. The lowest BCUT2D eigenvalue weighted by Crippen LogP contribution is -2.63. The van der Waals surface area contributed by atoms with Gasteiger partial charge >= 0.3 is 24.6 Å². The first kappa shape index (κ1) is 29.8. The second kappa shape index (κ2) is 11.3. The Morgan fingerprint density at radius 1 is 1.00 bits per heavy atom. The fourth-order valence-corrected chi connectivity index (χ4v) is 3.30. The van der Waals surface area contributed by atoms with Crippen LogP contribution in [0.1, 0.15) is 41.5 Å². The molecule has 1 atom stereocenters. The highest BCUT2D eigenvalue weighted by Gasteiger charge is 2.37. The molecule has 1 aromatic carbocycles. The number of ether oxygens (including phenoxy) is 3. The van der Waals surface area contributed by atoms with Gasteiger partial charge in [0.1, 0.15) is 17.0 Å². The molecule has 208 valence electrons. The highest BCUT2D eigenvalue weighted by molar-refractivity contribution is 5.94. The summed E-state index contributed by atoms with van der Waals surface area (Å²) in [5.41, 5.74) is 0.644. The van der Waals surface area contributed by atoms with Gasteiger partial charge in [-0.1, -0.05) is 0 Å². The molecule has 11 nitrogen and oxygen atoms in total. The van der Waals surface area contributed by atoms with Gasteiger partial charge in [-0.3, -0.25) is 0 Å². The molecule has 4 amide bonds. The van der Waals surface area contributed by atoms with Gasteiger partial charge in [-0.15, -0.1) is 13.2 Å². The third-order valence-corrected chi connectivity index (χ3v) is 4.71. The predicted molar refractivity (Wildman–Crippen MR) is 126 cm³/mol. The van der Waals surface area contributed by atoms with Gasteiger partial charge in [0.2, 0.25) is 0 Å². The zero-order valence-electron chi connectivity index (χ0n) is 21.6.